The number of hydrogen-bond acceptors (Lipinski definition) is 5. The maximum atomic E-state index is 12.8. The zero-order valence-electron chi connectivity index (χ0n) is 14.0. The third-order valence-corrected chi connectivity index (χ3v) is 5.23. The summed E-state index contributed by atoms with van der Waals surface area (Å²) in [5.74, 6) is -0.188. The lowest BCUT2D eigenvalue weighted by Gasteiger charge is -2.29. The quantitative estimate of drug-likeness (QED) is 0.890. The molecular weight excluding hydrogens is 320 g/mol. The van der Waals surface area contributed by atoms with Crippen LogP contribution in [-0.2, 0) is 4.79 Å². The fourth-order valence-electron chi connectivity index (χ4n) is 4.07. The van der Waals surface area contributed by atoms with Gasteiger partial charge in [0.05, 0.1) is 6.04 Å². The highest BCUT2D eigenvalue weighted by Crippen LogP contribution is 2.30. The van der Waals surface area contributed by atoms with Gasteiger partial charge in [-0.25, -0.2) is 4.79 Å². The standard InChI is InChI=1S/C18H22N4O3/c23-17(15-9-4-10-22(15)14-7-1-2-8-14)19-13-6-3-5-12(11-13)16-20-18(24)25-21-16/h3,5-6,11,14-15H,1-2,4,7-10H2,(H,19,23)(H,20,21,24). The van der Waals surface area contributed by atoms with Crippen LogP contribution in [0.4, 0.5) is 5.69 Å². The summed E-state index contributed by atoms with van der Waals surface area (Å²) in [7, 11) is 0. The largest absolute Gasteiger partial charge is 0.439 e. The number of carbonyl (C=O) groups is 1. The molecule has 1 amide bonds. The number of nitrogens with one attached hydrogen (secondary N) is 2. The number of likely N-dealkylation sites (tertiary alicyclic amines) is 1. The van der Waals surface area contributed by atoms with Crippen LogP contribution >= 0.6 is 0 Å². The van der Waals surface area contributed by atoms with Crippen molar-refractivity contribution >= 4 is 11.6 Å². The molecule has 4 rings (SSSR count). The molecule has 132 valence electrons. The summed E-state index contributed by atoms with van der Waals surface area (Å²) < 4.78 is 4.54. The highest BCUT2D eigenvalue weighted by Gasteiger charge is 2.36. The molecule has 0 spiro atoms. The van der Waals surface area contributed by atoms with E-state index in [1.54, 1.807) is 6.07 Å². The van der Waals surface area contributed by atoms with Crippen molar-refractivity contribution in [1.82, 2.24) is 15.0 Å². The summed E-state index contributed by atoms with van der Waals surface area (Å²) in [6, 6.07) is 7.78. The van der Waals surface area contributed by atoms with E-state index in [1.165, 1.54) is 25.7 Å². The first kappa shape index (κ1) is 16.1. The highest BCUT2D eigenvalue weighted by molar-refractivity contribution is 5.95. The first-order valence-electron chi connectivity index (χ1n) is 8.94. The first-order valence-corrected chi connectivity index (χ1v) is 8.94. The minimum atomic E-state index is -0.595. The molecule has 1 aromatic carbocycles. The molecule has 2 heterocycles. The number of rotatable bonds is 4. The molecule has 2 aliphatic rings. The first-order chi connectivity index (χ1) is 12.2. The van der Waals surface area contributed by atoms with Crippen LogP contribution in [0, 0.1) is 0 Å². The SMILES string of the molecule is O=C(Nc1cccc(-c2noc(=O)[nH]2)c1)C1CCCN1C1CCCC1. The third kappa shape index (κ3) is 3.37. The predicted octanol–water partition coefficient (Wildman–Crippen LogP) is 2.38. The van der Waals surface area contributed by atoms with Gasteiger partial charge in [-0.3, -0.25) is 19.2 Å². The van der Waals surface area contributed by atoms with Crippen LogP contribution in [0.1, 0.15) is 38.5 Å². The van der Waals surface area contributed by atoms with E-state index in [4.69, 9.17) is 0 Å². The second-order valence-corrected chi connectivity index (χ2v) is 6.85. The van der Waals surface area contributed by atoms with Crippen molar-refractivity contribution in [1.29, 1.82) is 0 Å². The Balaban J connectivity index is 1.48. The van der Waals surface area contributed by atoms with Crippen LogP contribution in [-0.4, -0.2) is 39.6 Å². The van der Waals surface area contributed by atoms with Crippen molar-refractivity contribution < 1.29 is 9.32 Å². The summed E-state index contributed by atoms with van der Waals surface area (Å²) in [6.07, 6.45) is 6.95. The van der Waals surface area contributed by atoms with Gasteiger partial charge in [0.1, 0.15) is 0 Å². The fourth-order valence-corrected chi connectivity index (χ4v) is 4.07. The van der Waals surface area contributed by atoms with E-state index >= 15 is 0 Å². The molecule has 1 aliphatic carbocycles. The van der Waals surface area contributed by atoms with E-state index in [0.29, 0.717) is 23.1 Å². The molecule has 7 heteroatoms. The van der Waals surface area contributed by atoms with Crippen molar-refractivity contribution in [2.75, 3.05) is 11.9 Å². The summed E-state index contributed by atoms with van der Waals surface area (Å²) in [6.45, 7) is 1.02. The van der Waals surface area contributed by atoms with Crippen LogP contribution in [0.15, 0.2) is 33.6 Å². The number of benzene rings is 1. The Morgan fingerprint density at radius 3 is 2.84 bits per heavy atom. The molecule has 2 N–H and O–H groups in total. The number of carbonyl (C=O) groups excluding carboxylic acids is 1. The Morgan fingerprint density at radius 2 is 2.08 bits per heavy atom. The topological polar surface area (TPSA) is 91.2 Å². The van der Waals surface area contributed by atoms with Crippen molar-refractivity contribution in [3.63, 3.8) is 0 Å². The molecule has 2 fully saturated rings. The zero-order valence-corrected chi connectivity index (χ0v) is 14.0. The van der Waals surface area contributed by atoms with Gasteiger partial charge in [0, 0.05) is 17.3 Å². The van der Waals surface area contributed by atoms with Crippen molar-refractivity contribution in [2.24, 2.45) is 0 Å². The molecular formula is C18H22N4O3. The Bertz CT molecular complexity index is 806. The lowest BCUT2D eigenvalue weighted by molar-refractivity contribution is -0.121. The molecule has 25 heavy (non-hydrogen) atoms. The monoisotopic (exact) mass is 342 g/mol. The molecule has 1 saturated carbocycles. The summed E-state index contributed by atoms with van der Waals surface area (Å²) in [5, 5.41) is 6.71. The number of aromatic nitrogens is 2. The number of nitrogens with zero attached hydrogens (tertiary/aromatic N) is 2. The van der Waals surface area contributed by atoms with E-state index in [1.807, 2.05) is 18.2 Å². The van der Waals surface area contributed by atoms with Crippen molar-refractivity contribution in [3.05, 3.63) is 34.8 Å². The fraction of sp³-hybridized carbons (Fsp3) is 0.500. The van der Waals surface area contributed by atoms with Gasteiger partial charge in [-0.1, -0.05) is 30.1 Å². The number of hydrogen-bond donors (Lipinski definition) is 2. The van der Waals surface area contributed by atoms with Gasteiger partial charge in [-0.15, -0.1) is 0 Å². The number of H-pyrrole nitrogens is 1. The van der Waals surface area contributed by atoms with E-state index in [2.05, 4.69) is 24.9 Å². The molecule has 7 nitrogen and oxygen atoms in total. The van der Waals surface area contributed by atoms with Gasteiger partial charge in [0.15, 0.2) is 5.82 Å². The molecule has 1 aromatic heterocycles. The van der Waals surface area contributed by atoms with Crippen LogP contribution in [0.25, 0.3) is 11.4 Å². The third-order valence-electron chi connectivity index (χ3n) is 5.23. The van der Waals surface area contributed by atoms with Gasteiger partial charge >= 0.3 is 5.76 Å². The Kier molecular flexibility index (Phi) is 4.40. The molecule has 1 aliphatic heterocycles. The minimum Gasteiger partial charge on any atom is -0.325 e. The highest BCUT2D eigenvalue weighted by atomic mass is 16.5. The van der Waals surface area contributed by atoms with E-state index in [-0.39, 0.29) is 11.9 Å². The average molecular weight is 342 g/mol. The summed E-state index contributed by atoms with van der Waals surface area (Å²) in [5.41, 5.74) is 1.40. The molecule has 1 unspecified atom stereocenters. The van der Waals surface area contributed by atoms with Crippen LogP contribution in [0.5, 0.6) is 0 Å². The van der Waals surface area contributed by atoms with Gasteiger partial charge in [-0.05, 0) is 44.4 Å². The molecule has 1 saturated heterocycles. The molecule has 0 radical (unpaired) electrons. The minimum absolute atomic E-state index is 0.0430. The van der Waals surface area contributed by atoms with Gasteiger partial charge in [-0.2, -0.15) is 0 Å². The van der Waals surface area contributed by atoms with E-state index in [9.17, 15) is 9.59 Å². The van der Waals surface area contributed by atoms with Gasteiger partial charge < -0.3 is 5.32 Å². The molecule has 0 bridgehead atoms. The van der Waals surface area contributed by atoms with E-state index in [0.717, 1.165) is 19.4 Å². The Labute approximate surface area is 145 Å². The molecule has 1 atom stereocenters. The van der Waals surface area contributed by atoms with Crippen LogP contribution in [0.2, 0.25) is 0 Å². The average Bonchev–Trinajstić information content (AvgIpc) is 3.36. The predicted molar refractivity (Wildman–Crippen MR) is 93.2 cm³/mol. The number of aromatic amines is 1. The lowest BCUT2D eigenvalue weighted by Crippen LogP contribution is -2.44. The zero-order chi connectivity index (χ0) is 17.2. The summed E-state index contributed by atoms with van der Waals surface area (Å²) in [4.78, 5) is 28.8. The Hall–Kier alpha value is -2.41. The van der Waals surface area contributed by atoms with Crippen molar-refractivity contribution in [2.45, 2.75) is 50.6 Å². The van der Waals surface area contributed by atoms with Gasteiger partial charge in [0.25, 0.3) is 0 Å². The number of amides is 1. The van der Waals surface area contributed by atoms with Gasteiger partial charge in [0.2, 0.25) is 5.91 Å². The van der Waals surface area contributed by atoms with Crippen molar-refractivity contribution in [3.8, 4) is 11.4 Å². The lowest BCUT2D eigenvalue weighted by atomic mass is 10.1. The number of anilines is 1. The molecule has 2 aromatic rings. The Morgan fingerprint density at radius 1 is 1.24 bits per heavy atom. The van der Waals surface area contributed by atoms with E-state index < -0.39 is 5.76 Å². The maximum Gasteiger partial charge on any atom is 0.439 e. The second-order valence-electron chi connectivity index (χ2n) is 6.85. The second kappa shape index (κ2) is 6.84. The normalized spacial score (nSPS) is 21.7. The smallest absolute Gasteiger partial charge is 0.325 e. The maximum absolute atomic E-state index is 12.8. The van der Waals surface area contributed by atoms with Crippen LogP contribution < -0.4 is 11.1 Å². The van der Waals surface area contributed by atoms with Crippen LogP contribution in [0.3, 0.4) is 0 Å². The summed E-state index contributed by atoms with van der Waals surface area (Å²) >= 11 is 0.